The summed E-state index contributed by atoms with van der Waals surface area (Å²) < 4.78 is 11.3. The summed E-state index contributed by atoms with van der Waals surface area (Å²) in [7, 11) is 0. The van der Waals surface area contributed by atoms with Gasteiger partial charge in [-0.15, -0.1) is 0 Å². The number of aromatic nitrogens is 1. The van der Waals surface area contributed by atoms with E-state index < -0.39 is 23.1 Å². The van der Waals surface area contributed by atoms with Crippen LogP contribution in [0.3, 0.4) is 0 Å². The number of ether oxygens (including phenoxy) is 2. The van der Waals surface area contributed by atoms with Crippen LogP contribution >= 0.6 is 0 Å². The number of carbonyl (C=O) groups is 2. The number of piperazine rings is 1. The molecule has 9 heteroatoms. The van der Waals surface area contributed by atoms with Gasteiger partial charge in [0.05, 0.1) is 6.61 Å². The van der Waals surface area contributed by atoms with Crippen LogP contribution in [0.5, 0.6) is 5.75 Å². The molecule has 186 valence electrons. The third-order valence-corrected chi connectivity index (χ3v) is 8.34. The van der Waals surface area contributed by atoms with Gasteiger partial charge in [0.1, 0.15) is 11.6 Å². The molecule has 0 unspecified atom stereocenters. The highest BCUT2D eigenvalue weighted by molar-refractivity contribution is 5.89. The number of amides is 1. The topological polar surface area (TPSA) is 118 Å². The summed E-state index contributed by atoms with van der Waals surface area (Å²) in [6, 6.07) is 1.95. The fraction of sp³-hybridized carbons (Fsp3) is 0.720. The summed E-state index contributed by atoms with van der Waals surface area (Å²) in [6.45, 7) is 5.67. The van der Waals surface area contributed by atoms with Crippen LogP contribution in [0.25, 0.3) is 0 Å². The average Bonchev–Trinajstić information content (AvgIpc) is 3.31. The summed E-state index contributed by atoms with van der Waals surface area (Å²) in [5.74, 6) is 1.26. The number of fused-ring (bicyclic) bond motifs is 1. The van der Waals surface area contributed by atoms with E-state index in [1.807, 2.05) is 12.3 Å². The van der Waals surface area contributed by atoms with Crippen molar-refractivity contribution in [3.8, 4) is 5.75 Å². The van der Waals surface area contributed by atoms with Crippen LogP contribution < -0.4 is 15.4 Å². The molecule has 2 aliphatic heterocycles. The molecule has 9 nitrogen and oxygen atoms in total. The minimum absolute atomic E-state index is 0.396. The zero-order valence-corrected chi connectivity index (χ0v) is 19.8. The quantitative estimate of drug-likeness (QED) is 0.572. The number of nitrogens with zero attached hydrogens (tertiary/aromatic N) is 3. The van der Waals surface area contributed by atoms with E-state index in [0.717, 1.165) is 83.0 Å². The Bertz CT molecular complexity index is 918. The lowest BCUT2D eigenvalue weighted by molar-refractivity contribution is -0.196. The second-order valence-electron chi connectivity index (χ2n) is 10.4. The second kappa shape index (κ2) is 9.34. The number of hydrogen-bond donors (Lipinski definition) is 2. The van der Waals surface area contributed by atoms with Crippen molar-refractivity contribution in [2.75, 3.05) is 44.2 Å². The standard InChI is InChI=1S/C25H36N4O5/c26-22(30)25(34-23(31)24(32)7-1-8-24)9-2-18(3-10-25)5-12-28-13-15-29(16-14-28)21-19-6-17-33-20(19)4-11-27-21/h4,11,18,32H,1-3,5-10,12-17H2,(H2,26,30). The molecule has 3 heterocycles. The number of nitrogens with two attached hydrogens (primary N) is 1. The molecule has 4 aliphatic rings. The van der Waals surface area contributed by atoms with Gasteiger partial charge in [0.15, 0.2) is 11.2 Å². The minimum Gasteiger partial charge on any atom is -0.493 e. The van der Waals surface area contributed by atoms with Crippen LogP contribution in [-0.4, -0.2) is 77.4 Å². The molecule has 3 fully saturated rings. The molecule has 1 aromatic rings. The smallest absolute Gasteiger partial charge is 0.339 e. The summed E-state index contributed by atoms with van der Waals surface area (Å²) >= 11 is 0. The molecule has 0 bridgehead atoms. The number of anilines is 1. The van der Waals surface area contributed by atoms with E-state index >= 15 is 0 Å². The predicted octanol–water partition coefficient (Wildman–Crippen LogP) is 1.40. The van der Waals surface area contributed by atoms with Crippen LogP contribution in [0.15, 0.2) is 12.3 Å². The Morgan fingerprint density at radius 2 is 1.91 bits per heavy atom. The molecular weight excluding hydrogens is 436 g/mol. The Morgan fingerprint density at radius 1 is 1.18 bits per heavy atom. The van der Waals surface area contributed by atoms with E-state index in [4.69, 9.17) is 15.2 Å². The van der Waals surface area contributed by atoms with Gasteiger partial charge in [0.25, 0.3) is 5.91 Å². The van der Waals surface area contributed by atoms with Crippen LogP contribution in [0, 0.1) is 5.92 Å². The summed E-state index contributed by atoms with van der Waals surface area (Å²) in [6.07, 6.45) is 7.89. The maximum absolute atomic E-state index is 12.4. The highest BCUT2D eigenvalue weighted by atomic mass is 16.6. The van der Waals surface area contributed by atoms with Crippen molar-refractivity contribution < 1.29 is 24.2 Å². The molecule has 1 aromatic heterocycles. The lowest BCUT2D eigenvalue weighted by Crippen LogP contribution is -2.55. The molecule has 0 radical (unpaired) electrons. The van der Waals surface area contributed by atoms with E-state index in [2.05, 4.69) is 14.8 Å². The number of hydrogen-bond acceptors (Lipinski definition) is 8. The molecule has 5 rings (SSSR count). The van der Waals surface area contributed by atoms with Crippen molar-refractivity contribution in [3.05, 3.63) is 17.8 Å². The van der Waals surface area contributed by atoms with E-state index in [0.29, 0.717) is 31.6 Å². The fourth-order valence-corrected chi connectivity index (χ4v) is 5.74. The predicted molar refractivity (Wildman–Crippen MR) is 125 cm³/mol. The Balaban J connectivity index is 1.08. The van der Waals surface area contributed by atoms with Crippen molar-refractivity contribution in [1.82, 2.24) is 9.88 Å². The van der Waals surface area contributed by atoms with Gasteiger partial charge < -0.3 is 25.2 Å². The normalized spacial score (nSPS) is 28.5. The molecule has 1 amide bonds. The highest BCUT2D eigenvalue weighted by Gasteiger charge is 2.50. The summed E-state index contributed by atoms with van der Waals surface area (Å²) in [5, 5.41) is 10.3. The summed E-state index contributed by atoms with van der Waals surface area (Å²) in [4.78, 5) is 34.1. The first-order valence-electron chi connectivity index (χ1n) is 12.7. The van der Waals surface area contributed by atoms with Gasteiger partial charge in [-0.2, -0.15) is 0 Å². The van der Waals surface area contributed by atoms with Crippen LogP contribution in [0.1, 0.15) is 56.9 Å². The van der Waals surface area contributed by atoms with Gasteiger partial charge >= 0.3 is 5.97 Å². The van der Waals surface area contributed by atoms with Gasteiger partial charge in [0.2, 0.25) is 0 Å². The van der Waals surface area contributed by atoms with Crippen LogP contribution in [-0.2, 0) is 20.7 Å². The monoisotopic (exact) mass is 472 g/mol. The van der Waals surface area contributed by atoms with Gasteiger partial charge in [0, 0.05) is 44.4 Å². The molecule has 3 N–H and O–H groups in total. The van der Waals surface area contributed by atoms with Gasteiger partial charge in [-0.25, -0.2) is 9.78 Å². The molecule has 1 saturated heterocycles. The van der Waals surface area contributed by atoms with Crippen molar-refractivity contribution >= 4 is 17.7 Å². The van der Waals surface area contributed by atoms with Gasteiger partial charge in [-0.3, -0.25) is 9.69 Å². The number of esters is 1. The van der Waals surface area contributed by atoms with E-state index in [1.165, 1.54) is 5.56 Å². The summed E-state index contributed by atoms with van der Waals surface area (Å²) in [5.41, 5.74) is 4.20. The average molecular weight is 473 g/mol. The van der Waals surface area contributed by atoms with E-state index in [-0.39, 0.29) is 0 Å². The Morgan fingerprint density at radius 3 is 2.56 bits per heavy atom. The third kappa shape index (κ3) is 4.47. The number of aliphatic hydroxyl groups is 1. The van der Waals surface area contributed by atoms with Gasteiger partial charge in [-0.1, -0.05) is 0 Å². The van der Waals surface area contributed by atoms with Crippen LogP contribution in [0.2, 0.25) is 0 Å². The second-order valence-corrected chi connectivity index (χ2v) is 10.4. The maximum atomic E-state index is 12.4. The molecule has 34 heavy (non-hydrogen) atoms. The third-order valence-electron chi connectivity index (χ3n) is 8.34. The number of pyridine rings is 1. The Hall–Kier alpha value is -2.39. The lowest BCUT2D eigenvalue weighted by Gasteiger charge is -2.42. The van der Waals surface area contributed by atoms with E-state index in [9.17, 15) is 14.7 Å². The first kappa shape index (κ1) is 23.4. The lowest BCUT2D eigenvalue weighted by atomic mass is 9.76. The molecule has 2 saturated carbocycles. The molecule has 0 aromatic carbocycles. The molecule has 0 spiro atoms. The zero-order valence-electron chi connectivity index (χ0n) is 19.8. The largest absolute Gasteiger partial charge is 0.493 e. The number of primary amides is 1. The molecule has 0 atom stereocenters. The van der Waals surface area contributed by atoms with Crippen molar-refractivity contribution in [2.24, 2.45) is 11.7 Å². The Labute approximate surface area is 200 Å². The first-order chi connectivity index (χ1) is 16.4. The Kier molecular flexibility index (Phi) is 6.41. The van der Waals surface area contributed by atoms with Crippen molar-refractivity contribution in [3.63, 3.8) is 0 Å². The molecular formula is C25H36N4O5. The van der Waals surface area contributed by atoms with Crippen molar-refractivity contribution in [1.29, 1.82) is 0 Å². The molecule has 2 aliphatic carbocycles. The zero-order chi connectivity index (χ0) is 23.8. The fourth-order valence-electron chi connectivity index (χ4n) is 5.74. The minimum atomic E-state index is -1.43. The SMILES string of the molecule is NC(=O)C1(OC(=O)C2(O)CCC2)CCC(CCN2CCN(c3nccc4c3CCO4)CC2)CC1. The number of carbonyl (C=O) groups excluding carboxylic acids is 2. The number of rotatable bonds is 7. The maximum Gasteiger partial charge on any atom is 0.339 e. The highest BCUT2D eigenvalue weighted by Crippen LogP contribution is 2.40. The first-order valence-corrected chi connectivity index (χ1v) is 12.7. The van der Waals surface area contributed by atoms with Crippen LogP contribution in [0.4, 0.5) is 5.82 Å². The van der Waals surface area contributed by atoms with Gasteiger partial charge in [-0.05, 0) is 69.9 Å². The van der Waals surface area contributed by atoms with E-state index in [1.54, 1.807) is 0 Å². The van der Waals surface area contributed by atoms with Crippen molar-refractivity contribution in [2.45, 2.75) is 69.0 Å².